The highest BCUT2D eigenvalue weighted by Gasteiger charge is 2.23. The largest absolute Gasteiger partial charge is 0.450 e. The summed E-state index contributed by atoms with van der Waals surface area (Å²) in [6, 6.07) is 5.90. The highest BCUT2D eigenvalue weighted by molar-refractivity contribution is 7.80. The van der Waals surface area contributed by atoms with Gasteiger partial charge in [-0.1, -0.05) is 12.1 Å². The molecule has 0 aliphatic carbocycles. The molecule has 0 atom stereocenters. The van der Waals surface area contributed by atoms with Crippen LogP contribution < -0.4 is 5.32 Å². The van der Waals surface area contributed by atoms with Crippen molar-refractivity contribution in [3.63, 3.8) is 0 Å². The number of anilines is 1. The normalized spacial score (nSPS) is 14.5. The van der Waals surface area contributed by atoms with Gasteiger partial charge in [-0.05, 0) is 25.2 Å². The average molecular weight is 345 g/mol. The number of benzene rings is 1. The lowest BCUT2D eigenvalue weighted by atomic mass is 10.2. The molecule has 2 aromatic rings. The lowest BCUT2D eigenvalue weighted by Crippen LogP contribution is -2.51. The summed E-state index contributed by atoms with van der Waals surface area (Å²) < 4.78 is 5.03. The Morgan fingerprint density at radius 2 is 1.92 bits per heavy atom. The van der Waals surface area contributed by atoms with E-state index < -0.39 is 0 Å². The zero-order valence-corrected chi connectivity index (χ0v) is 14.3. The Morgan fingerprint density at radius 1 is 1.21 bits per heavy atom. The van der Waals surface area contributed by atoms with Gasteiger partial charge in [0.15, 0.2) is 5.11 Å². The minimum absolute atomic E-state index is 0.261. The van der Waals surface area contributed by atoms with E-state index in [2.05, 4.69) is 20.4 Å². The van der Waals surface area contributed by atoms with Crippen LogP contribution in [0.4, 0.5) is 10.5 Å². The summed E-state index contributed by atoms with van der Waals surface area (Å²) in [6.07, 6.45) is 3.18. The number of rotatable bonds is 2. The molecule has 0 saturated carbocycles. The van der Waals surface area contributed by atoms with Crippen molar-refractivity contribution >= 4 is 39.9 Å². The molecule has 0 bridgehead atoms. The summed E-state index contributed by atoms with van der Waals surface area (Å²) in [5, 5.41) is 13.7. The number of nitrogens with one attached hydrogen (secondary N) is 1. The first kappa shape index (κ1) is 16.4. The van der Waals surface area contributed by atoms with Crippen molar-refractivity contribution in [2.45, 2.75) is 6.92 Å². The van der Waals surface area contributed by atoms with Crippen LogP contribution in [0.2, 0.25) is 0 Å². The van der Waals surface area contributed by atoms with E-state index in [1.165, 1.54) is 0 Å². The first-order chi connectivity index (χ1) is 11.7. The number of piperazine rings is 1. The lowest BCUT2D eigenvalue weighted by Gasteiger charge is -2.35. The highest BCUT2D eigenvalue weighted by Crippen LogP contribution is 2.22. The van der Waals surface area contributed by atoms with E-state index in [9.17, 15) is 4.79 Å². The summed E-state index contributed by atoms with van der Waals surface area (Å²) in [5.41, 5.74) is 0.903. The second-order valence-corrected chi connectivity index (χ2v) is 5.79. The molecule has 2 heterocycles. The topological polar surface area (TPSA) is 70.6 Å². The maximum Gasteiger partial charge on any atom is 0.409 e. The fourth-order valence-corrected chi connectivity index (χ4v) is 2.93. The minimum Gasteiger partial charge on any atom is -0.450 e. The third-order valence-electron chi connectivity index (χ3n) is 3.92. The van der Waals surface area contributed by atoms with Gasteiger partial charge in [-0.15, -0.1) is 0 Å². The Kier molecular flexibility index (Phi) is 5.05. The van der Waals surface area contributed by atoms with Crippen LogP contribution in [-0.4, -0.2) is 64.0 Å². The Morgan fingerprint density at radius 3 is 2.67 bits per heavy atom. The second kappa shape index (κ2) is 7.39. The third kappa shape index (κ3) is 3.53. The van der Waals surface area contributed by atoms with Crippen molar-refractivity contribution in [1.82, 2.24) is 20.0 Å². The fourth-order valence-electron chi connectivity index (χ4n) is 2.64. The van der Waals surface area contributed by atoms with Crippen LogP contribution >= 0.6 is 12.2 Å². The van der Waals surface area contributed by atoms with E-state index in [1.807, 2.05) is 25.1 Å². The molecule has 1 aromatic heterocycles. The molecule has 3 rings (SSSR count). The van der Waals surface area contributed by atoms with Crippen molar-refractivity contribution in [3.05, 3.63) is 30.6 Å². The number of amides is 1. The monoisotopic (exact) mass is 345 g/mol. The molecule has 1 N–H and O–H groups in total. The van der Waals surface area contributed by atoms with Gasteiger partial charge in [0.1, 0.15) is 0 Å². The molecule has 7 nitrogen and oxygen atoms in total. The standard InChI is InChI=1S/C16H19N5O2S/c1-2-23-16(22)21-8-6-20(7-9-21)15(24)19-14-5-3-4-12-10-17-18-11-13(12)14/h3-5,10-11H,2,6-9H2,1H3,(H,19,24). The van der Waals surface area contributed by atoms with Gasteiger partial charge in [0.05, 0.1) is 19.0 Å². The van der Waals surface area contributed by atoms with Crippen LogP contribution in [-0.2, 0) is 4.74 Å². The van der Waals surface area contributed by atoms with Gasteiger partial charge in [-0.3, -0.25) is 0 Å². The van der Waals surface area contributed by atoms with Gasteiger partial charge in [-0.25, -0.2) is 4.79 Å². The maximum absolute atomic E-state index is 11.7. The van der Waals surface area contributed by atoms with Crippen LogP contribution in [0.5, 0.6) is 0 Å². The molecule has 126 valence electrons. The molecule has 0 unspecified atom stereocenters. The molecule has 1 aliphatic rings. The van der Waals surface area contributed by atoms with Gasteiger partial charge >= 0.3 is 6.09 Å². The average Bonchev–Trinajstić information content (AvgIpc) is 2.62. The molecular formula is C16H19N5O2S. The number of fused-ring (bicyclic) bond motifs is 1. The number of carbonyl (C=O) groups excluding carboxylic acids is 1. The first-order valence-corrected chi connectivity index (χ1v) is 8.27. The van der Waals surface area contributed by atoms with Crippen molar-refractivity contribution in [3.8, 4) is 0 Å². The van der Waals surface area contributed by atoms with Crippen molar-refractivity contribution < 1.29 is 9.53 Å². The highest BCUT2D eigenvalue weighted by atomic mass is 32.1. The molecule has 1 aromatic carbocycles. The Hall–Kier alpha value is -2.48. The van der Waals surface area contributed by atoms with Crippen LogP contribution in [0.25, 0.3) is 10.8 Å². The van der Waals surface area contributed by atoms with E-state index >= 15 is 0 Å². The van der Waals surface area contributed by atoms with Gasteiger partial charge in [-0.2, -0.15) is 10.2 Å². The van der Waals surface area contributed by atoms with E-state index in [4.69, 9.17) is 17.0 Å². The molecule has 1 saturated heterocycles. The number of hydrogen-bond donors (Lipinski definition) is 1. The summed E-state index contributed by atoms with van der Waals surface area (Å²) >= 11 is 5.52. The second-order valence-electron chi connectivity index (χ2n) is 5.40. The van der Waals surface area contributed by atoms with Crippen LogP contribution in [0, 0.1) is 0 Å². The Balaban J connectivity index is 1.63. The van der Waals surface area contributed by atoms with Gasteiger partial charge in [0, 0.05) is 42.6 Å². The zero-order valence-electron chi connectivity index (χ0n) is 13.4. The van der Waals surface area contributed by atoms with Crippen LogP contribution in [0.15, 0.2) is 30.6 Å². The van der Waals surface area contributed by atoms with E-state index in [1.54, 1.807) is 17.3 Å². The van der Waals surface area contributed by atoms with Crippen LogP contribution in [0.1, 0.15) is 6.92 Å². The van der Waals surface area contributed by atoms with Crippen molar-refractivity contribution in [1.29, 1.82) is 0 Å². The lowest BCUT2D eigenvalue weighted by molar-refractivity contribution is 0.0923. The number of nitrogens with zero attached hydrogens (tertiary/aromatic N) is 4. The summed E-state index contributed by atoms with van der Waals surface area (Å²) in [7, 11) is 0. The van der Waals surface area contributed by atoms with E-state index in [0.717, 1.165) is 16.5 Å². The summed E-state index contributed by atoms with van der Waals surface area (Å²) in [5.74, 6) is 0. The molecular weight excluding hydrogens is 326 g/mol. The number of thiocarbonyl (C=S) groups is 1. The number of hydrogen-bond acceptors (Lipinski definition) is 5. The number of ether oxygens (including phenoxy) is 1. The number of aromatic nitrogens is 2. The molecule has 1 amide bonds. The fraction of sp³-hybridized carbons (Fsp3) is 0.375. The summed E-state index contributed by atoms with van der Waals surface area (Å²) in [4.78, 5) is 15.5. The van der Waals surface area contributed by atoms with Gasteiger partial charge < -0.3 is 19.9 Å². The van der Waals surface area contributed by atoms with E-state index in [-0.39, 0.29) is 6.09 Å². The Labute approximate surface area is 145 Å². The van der Waals surface area contributed by atoms with Crippen LogP contribution in [0.3, 0.4) is 0 Å². The zero-order chi connectivity index (χ0) is 16.9. The molecule has 24 heavy (non-hydrogen) atoms. The molecule has 8 heteroatoms. The minimum atomic E-state index is -0.261. The summed E-state index contributed by atoms with van der Waals surface area (Å²) in [6.45, 7) is 4.75. The maximum atomic E-state index is 11.7. The van der Waals surface area contributed by atoms with E-state index in [0.29, 0.717) is 37.9 Å². The predicted molar refractivity (Wildman–Crippen MR) is 95.9 cm³/mol. The van der Waals surface area contributed by atoms with Crippen molar-refractivity contribution in [2.24, 2.45) is 0 Å². The van der Waals surface area contributed by atoms with Crippen molar-refractivity contribution in [2.75, 3.05) is 38.1 Å². The van der Waals surface area contributed by atoms with Gasteiger partial charge in [0.2, 0.25) is 0 Å². The SMILES string of the molecule is CCOC(=O)N1CCN(C(=S)Nc2cccc3cnncc23)CC1. The van der Waals surface area contributed by atoms with Gasteiger partial charge in [0.25, 0.3) is 0 Å². The quantitative estimate of drug-likeness (QED) is 0.836. The molecule has 0 spiro atoms. The Bertz CT molecular complexity index is 741. The molecule has 1 fully saturated rings. The molecule has 1 aliphatic heterocycles. The predicted octanol–water partition coefficient (Wildman–Crippen LogP) is 2.10. The first-order valence-electron chi connectivity index (χ1n) is 7.86. The number of carbonyl (C=O) groups is 1. The smallest absolute Gasteiger partial charge is 0.409 e. The third-order valence-corrected chi connectivity index (χ3v) is 4.28. The molecule has 0 radical (unpaired) electrons.